The quantitative estimate of drug-likeness (QED) is 0.623. The molecule has 0 aromatic heterocycles. The zero-order chi connectivity index (χ0) is 20.5. The van der Waals surface area contributed by atoms with E-state index in [0.29, 0.717) is 18.4 Å². The van der Waals surface area contributed by atoms with Crippen LogP contribution in [0.1, 0.15) is 24.8 Å². The van der Waals surface area contributed by atoms with E-state index in [1.165, 1.54) is 7.11 Å². The van der Waals surface area contributed by atoms with Gasteiger partial charge in [0.25, 0.3) is 0 Å². The van der Waals surface area contributed by atoms with Crippen LogP contribution in [0, 0.1) is 5.92 Å². The van der Waals surface area contributed by atoms with Crippen molar-refractivity contribution in [3.8, 4) is 5.75 Å². The SMILES string of the molecule is COC(=O)CC[C@@H]1CN(C/C=C/c2ccccc2OC)CC[C@@H]1N1CCOCC1. The molecule has 3 rings (SSSR count). The smallest absolute Gasteiger partial charge is 0.305 e. The molecule has 2 saturated heterocycles. The van der Waals surface area contributed by atoms with Gasteiger partial charge < -0.3 is 14.2 Å². The summed E-state index contributed by atoms with van der Waals surface area (Å²) in [5, 5.41) is 0. The lowest BCUT2D eigenvalue weighted by Gasteiger charge is -2.45. The van der Waals surface area contributed by atoms with Gasteiger partial charge in [-0.2, -0.15) is 0 Å². The maximum Gasteiger partial charge on any atom is 0.305 e. The minimum absolute atomic E-state index is 0.112. The molecule has 0 spiro atoms. The van der Waals surface area contributed by atoms with Crippen LogP contribution in [0.15, 0.2) is 30.3 Å². The number of carbonyl (C=O) groups is 1. The van der Waals surface area contributed by atoms with Crippen molar-refractivity contribution in [1.29, 1.82) is 0 Å². The van der Waals surface area contributed by atoms with Crippen molar-refractivity contribution in [3.63, 3.8) is 0 Å². The Morgan fingerprint density at radius 2 is 2.00 bits per heavy atom. The maximum absolute atomic E-state index is 11.7. The molecule has 0 N–H and O–H groups in total. The number of para-hydroxylation sites is 1. The van der Waals surface area contributed by atoms with Gasteiger partial charge in [0.05, 0.1) is 27.4 Å². The molecule has 1 aromatic carbocycles. The molecule has 29 heavy (non-hydrogen) atoms. The van der Waals surface area contributed by atoms with E-state index >= 15 is 0 Å². The predicted octanol–water partition coefficient (Wildman–Crippen LogP) is 2.68. The highest BCUT2D eigenvalue weighted by molar-refractivity contribution is 5.69. The molecule has 2 aliphatic rings. The molecule has 6 nitrogen and oxygen atoms in total. The first-order valence-corrected chi connectivity index (χ1v) is 10.6. The number of morpholine rings is 1. The summed E-state index contributed by atoms with van der Waals surface area (Å²) in [5.74, 6) is 1.25. The molecule has 0 saturated carbocycles. The summed E-state index contributed by atoms with van der Waals surface area (Å²) in [6.45, 7) is 6.60. The number of hydrogen-bond acceptors (Lipinski definition) is 6. The highest BCUT2D eigenvalue weighted by Crippen LogP contribution is 2.27. The number of methoxy groups -OCH3 is 2. The summed E-state index contributed by atoms with van der Waals surface area (Å²) in [5.41, 5.74) is 1.10. The third-order valence-corrected chi connectivity index (χ3v) is 6.04. The van der Waals surface area contributed by atoms with Crippen LogP contribution >= 0.6 is 0 Å². The normalized spacial score (nSPS) is 23.9. The minimum Gasteiger partial charge on any atom is -0.496 e. The van der Waals surface area contributed by atoms with Gasteiger partial charge in [-0.05, 0) is 31.4 Å². The highest BCUT2D eigenvalue weighted by atomic mass is 16.5. The van der Waals surface area contributed by atoms with Gasteiger partial charge in [0.15, 0.2) is 0 Å². The molecule has 0 bridgehead atoms. The van der Waals surface area contributed by atoms with Gasteiger partial charge in [-0.15, -0.1) is 0 Å². The highest BCUT2D eigenvalue weighted by Gasteiger charge is 2.33. The van der Waals surface area contributed by atoms with Crippen LogP contribution in [0.4, 0.5) is 0 Å². The summed E-state index contributed by atoms with van der Waals surface area (Å²) in [6, 6.07) is 8.59. The lowest BCUT2D eigenvalue weighted by molar-refractivity contribution is -0.141. The molecule has 1 aromatic rings. The first kappa shape index (κ1) is 21.8. The van der Waals surface area contributed by atoms with Crippen LogP contribution in [0.25, 0.3) is 6.08 Å². The molecule has 6 heteroatoms. The van der Waals surface area contributed by atoms with Crippen molar-refractivity contribution < 1.29 is 19.0 Å². The number of carbonyl (C=O) groups excluding carboxylic acids is 1. The molecule has 2 fully saturated rings. The van der Waals surface area contributed by atoms with Crippen LogP contribution in [-0.2, 0) is 14.3 Å². The Bertz CT molecular complexity index is 673. The summed E-state index contributed by atoms with van der Waals surface area (Å²) < 4.78 is 15.8. The Kier molecular flexibility index (Phi) is 8.52. The topological polar surface area (TPSA) is 51.2 Å². The largest absolute Gasteiger partial charge is 0.496 e. The zero-order valence-electron chi connectivity index (χ0n) is 17.7. The molecule has 2 heterocycles. The number of rotatable bonds is 8. The van der Waals surface area contributed by atoms with Gasteiger partial charge in [-0.1, -0.05) is 30.4 Å². The number of ether oxygens (including phenoxy) is 3. The van der Waals surface area contributed by atoms with Crippen LogP contribution in [0.2, 0.25) is 0 Å². The Labute approximate surface area is 174 Å². The van der Waals surface area contributed by atoms with E-state index in [2.05, 4.69) is 28.0 Å². The first-order valence-electron chi connectivity index (χ1n) is 10.6. The van der Waals surface area contributed by atoms with E-state index in [-0.39, 0.29) is 5.97 Å². The molecular formula is C23H34N2O4. The van der Waals surface area contributed by atoms with Gasteiger partial charge >= 0.3 is 5.97 Å². The van der Waals surface area contributed by atoms with Crippen molar-refractivity contribution >= 4 is 12.0 Å². The van der Waals surface area contributed by atoms with Crippen molar-refractivity contribution in [1.82, 2.24) is 9.80 Å². The maximum atomic E-state index is 11.7. The number of esters is 1. The van der Waals surface area contributed by atoms with Gasteiger partial charge in [-0.3, -0.25) is 14.6 Å². The number of likely N-dealkylation sites (tertiary alicyclic amines) is 1. The molecular weight excluding hydrogens is 368 g/mol. The minimum atomic E-state index is -0.112. The van der Waals surface area contributed by atoms with Crippen LogP contribution in [-0.4, -0.2) is 82.0 Å². The number of nitrogens with zero attached hydrogens (tertiary/aromatic N) is 2. The second-order valence-electron chi connectivity index (χ2n) is 7.78. The number of hydrogen-bond donors (Lipinski definition) is 0. The van der Waals surface area contributed by atoms with Crippen molar-refractivity contribution in [2.75, 3.05) is 60.2 Å². The molecule has 0 aliphatic carbocycles. The van der Waals surface area contributed by atoms with Crippen LogP contribution in [0.5, 0.6) is 5.75 Å². The standard InChI is InChI=1S/C23H34N2O4/c1-27-22-8-4-3-6-19(22)7-5-12-24-13-11-21(25-14-16-29-17-15-25)20(18-24)9-10-23(26)28-2/h3-8,20-21H,9-18H2,1-2H3/b7-5+/t20-,21+/m1/s1. The summed E-state index contributed by atoms with van der Waals surface area (Å²) in [6.07, 6.45) is 6.85. The number of piperidine rings is 1. The Balaban J connectivity index is 1.59. The van der Waals surface area contributed by atoms with E-state index in [4.69, 9.17) is 14.2 Å². The van der Waals surface area contributed by atoms with E-state index in [1.807, 2.05) is 18.2 Å². The summed E-state index contributed by atoms with van der Waals surface area (Å²) >= 11 is 0. The fourth-order valence-corrected chi connectivity index (χ4v) is 4.47. The Morgan fingerprint density at radius 1 is 1.21 bits per heavy atom. The molecule has 2 atom stereocenters. The fraction of sp³-hybridized carbons (Fsp3) is 0.609. The fourth-order valence-electron chi connectivity index (χ4n) is 4.47. The summed E-state index contributed by atoms with van der Waals surface area (Å²) in [7, 11) is 3.17. The monoisotopic (exact) mass is 402 g/mol. The average Bonchev–Trinajstić information content (AvgIpc) is 2.78. The van der Waals surface area contributed by atoms with Gasteiger partial charge in [0, 0.05) is 44.2 Å². The summed E-state index contributed by atoms with van der Waals surface area (Å²) in [4.78, 5) is 16.8. The second-order valence-corrected chi connectivity index (χ2v) is 7.78. The molecule has 0 amide bonds. The van der Waals surface area contributed by atoms with Crippen LogP contribution < -0.4 is 4.74 Å². The molecule has 160 valence electrons. The zero-order valence-corrected chi connectivity index (χ0v) is 17.7. The lowest BCUT2D eigenvalue weighted by Crippen LogP contribution is -2.54. The third kappa shape index (κ3) is 6.29. The van der Waals surface area contributed by atoms with Gasteiger partial charge in [-0.25, -0.2) is 0 Å². The van der Waals surface area contributed by atoms with Crippen molar-refractivity contribution in [3.05, 3.63) is 35.9 Å². The van der Waals surface area contributed by atoms with E-state index < -0.39 is 0 Å². The Morgan fingerprint density at radius 3 is 2.76 bits per heavy atom. The molecule has 0 unspecified atom stereocenters. The van der Waals surface area contributed by atoms with Crippen molar-refractivity contribution in [2.45, 2.75) is 25.3 Å². The van der Waals surface area contributed by atoms with E-state index in [1.54, 1.807) is 7.11 Å². The van der Waals surface area contributed by atoms with E-state index in [0.717, 1.165) is 70.1 Å². The van der Waals surface area contributed by atoms with Crippen LogP contribution in [0.3, 0.4) is 0 Å². The predicted molar refractivity (Wildman–Crippen MR) is 114 cm³/mol. The first-order chi connectivity index (χ1) is 14.2. The van der Waals surface area contributed by atoms with Gasteiger partial charge in [0.1, 0.15) is 5.75 Å². The molecule has 2 aliphatic heterocycles. The average molecular weight is 403 g/mol. The Hall–Kier alpha value is -1.89. The lowest BCUT2D eigenvalue weighted by atomic mass is 9.86. The number of benzene rings is 1. The van der Waals surface area contributed by atoms with Gasteiger partial charge in [0.2, 0.25) is 0 Å². The third-order valence-electron chi connectivity index (χ3n) is 6.04. The van der Waals surface area contributed by atoms with Crippen molar-refractivity contribution in [2.24, 2.45) is 5.92 Å². The molecule has 0 radical (unpaired) electrons. The van der Waals surface area contributed by atoms with E-state index in [9.17, 15) is 4.79 Å². The second kappa shape index (κ2) is 11.3.